The average Bonchev–Trinajstić information content (AvgIpc) is 2.15. The molecule has 0 radical (unpaired) electrons. The molecule has 0 aromatic rings. The van der Waals surface area contributed by atoms with Crippen LogP contribution in [0.5, 0.6) is 0 Å². The van der Waals surface area contributed by atoms with Crippen LogP contribution < -0.4 is 5.32 Å². The predicted octanol–water partition coefficient (Wildman–Crippen LogP) is 1.93. The maximum Gasteiger partial charge on any atom is 0.0636 e. The number of rotatable bonds is 4. The van der Waals surface area contributed by atoms with Gasteiger partial charge in [0.1, 0.15) is 0 Å². The van der Waals surface area contributed by atoms with E-state index in [-0.39, 0.29) is 6.10 Å². The first-order valence-electron chi connectivity index (χ1n) is 5.61. The Balaban J connectivity index is 2.17. The Hall–Kier alpha value is -0.0800. The van der Waals surface area contributed by atoms with Gasteiger partial charge in [0.05, 0.1) is 6.10 Å². The highest BCUT2D eigenvalue weighted by atomic mass is 16.3. The van der Waals surface area contributed by atoms with E-state index in [0.717, 1.165) is 12.5 Å². The first kappa shape index (κ1) is 11.0. The summed E-state index contributed by atoms with van der Waals surface area (Å²) in [5.41, 5.74) is 0. The first-order chi connectivity index (χ1) is 6.20. The van der Waals surface area contributed by atoms with Crippen molar-refractivity contribution in [1.29, 1.82) is 0 Å². The Morgan fingerprint density at radius 1 is 1.23 bits per heavy atom. The van der Waals surface area contributed by atoms with E-state index >= 15 is 0 Å². The number of aliphatic hydroxyl groups is 1. The van der Waals surface area contributed by atoms with Gasteiger partial charge in [-0.15, -0.1) is 0 Å². The average molecular weight is 185 g/mol. The van der Waals surface area contributed by atoms with Gasteiger partial charge in [0.2, 0.25) is 0 Å². The molecule has 2 N–H and O–H groups in total. The second kappa shape index (κ2) is 5.61. The number of hydrogen-bond acceptors (Lipinski definition) is 2. The third-order valence-electron chi connectivity index (χ3n) is 3.09. The molecule has 0 aromatic heterocycles. The lowest BCUT2D eigenvalue weighted by atomic mass is 9.84. The second-order valence-corrected chi connectivity index (χ2v) is 4.44. The maximum absolute atomic E-state index is 9.14. The van der Waals surface area contributed by atoms with Crippen molar-refractivity contribution in [2.75, 3.05) is 6.54 Å². The molecule has 1 aliphatic rings. The Labute approximate surface area is 81.7 Å². The largest absolute Gasteiger partial charge is 0.392 e. The fraction of sp³-hybridized carbons (Fsp3) is 1.00. The van der Waals surface area contributed by atoms with Gasteiger partial charge in [-0.2, -0.15) is 0 Å². The van der Waals surface area contributed by atoms with Crippen molar-refractivity contribution in [2.45, 2.75) is 58.1 Å². The molecule has 2 nitrogen and oxygen atoms in total. The zero-order valence-corrected chi connectivity index (χ0v) is 8.92. The van der Waals surface area contributed by atoms with Crippen LogP contribution in [0.3, 0.4) is 0 Å². The second-order valence-electron chi connectivity index (χ2n) is 4.44. The van der Waals surface area contributed by atoms with Crippen molar-refractivity contribution in [1.82, 2.24) is 5.32 Å². The molecule has 0 bridgehead atoms. The monoisotopic (exact) mass is 185 g/mol. The van der Waals surface area contributed by atoms with Crippen molar-refractivity contribution in [3.63, 3.8) is 0 Å². The van der Waals surface area contributed by atoms with Gasteiger partial charge >= 0.3 is 0 Å². The molecule has 13 heavy (non-hydrogen) atoms. The van der Waals surface area contributed by atoms with Gasteiger partial charge in [0.15, 0.2) is 0 Å². The van der Waals surface area contributed by atoms with Gasteiger partial charge in [-0.1, -0.05) is 19.3 Å². The van der Waals surface area contributed by atoms with Crippen LogP contribution >= 0.6 is 0 Å². The molecule has 1 rings (SSSR count). The quantitative estimate of drug-likeness (QED) is 0.701. The molecule has 0 heterocycles. The molecular formula is C11H23NO. The summed E-state index contributed by atoms with van der Waals surface area (Å²) in [6.45, 7) is 4.82. The van der Waals surface area contributed by atoms with Crippen molar-refractivity contribution in [3.05, 3.63) is 0 Å². The predicted molar refractivity (Wildman–Crippen MR) is 55.7 cm³/mol. The number of nitrogens with one attached hydrogen (secondary N) is 1. The van der Waals surface area contributed by atoms with Crippen LogP contribution in [-0.4, -0.2) is 23.8 Å². The molecule has 0 spiro atoms. The minimum absolute atomic E-state index is 0.217. The van der Waals surface area contributed by atoms with Crippen LogP contribution in [0, 0.1) is 5.92 Å². The summed E-state index contributed by atoms with van der Waals surface area (Å²) >= 11 is 0. The fourth-order valence-corrected chi connectivity index (χ4v) is 2.16. The van der Waals surface area contributed by atoms with E-state index < -0.39 is 0 Å². The summed E-state index contributed by atoms with van der Waals surface area (Å²) in [6, 6.07) is 0.579. The molecule has 1 aliphatic carbocycles. The van der Waals surface area contributed by atoms with Crippen molar-refractivity contribution >= 4 is 0 Å². The Kier molecular flexibility index (Phi) is 4.74. The molecule has 1 saturated carbocycles. The lowest BCUT2D eigenvalue weighted by Crippen LogP contribution is -2.38. The van der Waals surface area contributed by atoms with Gasteiger partial charge < -0.3 is 10.4 Å². The third kappa shape index (κ3) is 4.10. The Morgan fingerprint density at radius 2 is 1.85 bits per heavy atom. The zero-order valence-electron chi connectivity index (χ0n) is 8.92. The van der Waals surface area contributed by atoms with Crippen molar-refractivity contribution < 1.29 is 5.11 Å². The molecule has 0 aromatic carbocycles. The summed E-state index contributed by atoms with van der Waals surface area (Å²) in [6.07, 6.45) is 6.73. The molecule has 1 fully saturated rings. The van der Waals surface area contributed by atoms with Crippen LogP contribution in [-0.2, 0) is 0 Å². The number of hydrogen-bond donors (Lipinski definition) is 2. The minimum Gasteiger partial charge on any atom is -0.392 e. The smallest absolute Gasteiger partial charge is 0.0636 e. The standard InChI is InChI=1S/C11H23NO/c1-9(13)8-12-10(2)11-6-4-3-5-7-11/h9-13H,3-8H2,1-2H3/t9?,10-/m1/s1. The highest BCUT2D eigenvalue weighted by Crippen LogP contribution is 2.26. The van der Waals surface area contributed by atoms with Gasteiger partial charge in [0, 0.05) is 12.6 Å². The molecule has 1 unspecified atom stereocenters. The highest BCUT2D eigenvalue weighted by molar-refractivity contribution is 4.76. The van der Waals surface area contributed by atoms with E-state index in [0.29, 0.717) is 6.04 Å². The van der Waals surface area contributed by atoms with E-state index in [1.807, 2.05) is 6.92 Å². The SMILES string of the molecule is CC(O)CN[C@H](C)C1CCCCC1. The molecule has 0 amide bonds. The summed E-state index contributed by atoms with van der Waals surface area (Å²) in [4.78, 5) is 0. The molecule has 78 valence electrons. The Morgan fingerprint density at radius 3 is 2.38 bits per heavy atom. The molecule has 2 atom stereocenters. The minimum atomic E-state index is -0.217. The van der Waals surface area contributed by atoms with Crippen LogP contribution in [0.2, 0.25) is 0 Å². The van der Waals surface area contributed by atoms with E-state index in [9.17, 15) is 0 Å². The zero-order chi connectivity index (χ0) is 9.68. The number of aliphatic hydroxyl groups excluding tert-OH is 1. The molecular weight excluding hydrogens is 162 g/mol. The van der Waals surface area contributed by atoms with E-state index in [1.165, 1.54) is 32.1 Å². The van der Waals surface area contributed by atoms with Crippen molar-refractivity contribution in [3.8, 4) is 0 Å². The first-order valence-corrected chi connectivity index (χ1v) is 5.61. The summed E-state index contributed by atoms with van der Waals surface area (Å²) < 4.78 is 0. The fourth-order valence-electron chi connectivity index (χ4n) is 2.16. The molecule has 2 heteroatoms. The summed E-state index contributed by atoms with van der Waals surface area (Å²) in [5.74, 6) is 0.840. The van der Waals surface area contributed by atoms with E-state index in [2.05, 4.69) is 12.2 Å². The van der Waals surface area contributed by atoms with Crippen LogP contribution in [0.25, 0.3) is 0 Å². The van der Waals surface area contributed by atoms with Crippen LogP contribution in [0.4, 0.5) is 0 Å². The summed E-state index contributed by atoms with van der Waals surface area (Å²) in [7, 11) is 0. The highest BCUT2D eigenvalue weighted by Gasteiger charge is 2.19. The summed E-state index contributed by atoms with van der Waals surface area (Å²) in [5, 5.41) is 12.5. The lowest BCUT2D eigenvalue weighted by molar-refractivity contribution is 0.175. The van der Waals surface area contributed by atoms with Gasteiger partial charge in [0.25, 0.3) is 0 Å². The van der Waals surface area contributed by atoms with Gasteiger partial charge in [-0.3, -0.25) is 0 Å². The van der Waals surface area contributed by atoms with E-state index in [4.69, 9.17) is 5.11 Å². The van der Waals surface area contributed by atoms with Gasteiger partial charge in [-0.05, 0) is 32.6 Å². The van der Waals surface area contributed by atoms with Gasteiger partial charge in [-0.25, -0.2) is 0 Å². The maximum atomic E-state index is 9.14. The normalized spacial score (nSPS) is 24.2. The van der Waals surface area contributed by atoms with Crippen LogP contribution in [0.15, 0.2) is 0 Å². The molecule has 0 saturated heterocycles. The lowest BCUT2D eigenvalue weighted by Gasteiger charge is -2.28. The Bertz CT molecular complexity index is 130. The topological polar surface area (TPSA) is 32.3 Å². The van der Waals surface area contributed by atoms with E-state index in [1.54, 1.807) is 0 Å². The third-order valence-corrected chi connectivity index (χ3v) is 3.09. The molecule has 0 aliphatic heterocycles. The van der Waals surface area contributed by atoms with Crippen molar-refractivity contribution in [2.24, 2.45) is 5.92 Å². The van der Waals surface area contributed by atoms with Crippen LogP contribution in [0.1, 0.15) is 46.0 Å².